The molecule has 0 radical (unpaired) electrons. The summed E-state index contributed by atoms with van der Waals surface area (Å²) in [7, 11) is 0. The summed E-state index contributed by atoms with van der Waals surface area (Å²) < 4.78 is 0. The molecule has 0 aliphatic carbocycles. The monoisotopic (exact) mass is 263 g/mol. The van der Waals surface area contributed by atoms with Crippen LogP contribution in [0.5, 0.6) is 0 Å². The van der Waals surface area contributed by atoms with Crippen LogP contribution in [0.15, 0.2) is 54.6 Å². The Morgan fingerprint density at radius 3 is 2.20 bits per heavy atom. The van der Waals surface area contributed by atoms with Crippen LogP contribution in [-0.4, -0.2) is 0 Å². The molecule has 0 fully saturated rings. The van der Waals surface area contributed by atoms with E-state index in [4.69, 9.17) is 5.73 Å². The van der Waals surface area contributed by atoms with E-state index in [0.29, 0.717) is 5.92 Å². The van der Waals surface area contributed by atoms with Crippen molar-refractivity contribution >= 4 is 21.5 Å². The van der Waals surface area contributed by atoms with Crippen molar-refractivity contribution in [3.05, 3.63) is 60.2 Å². The van der Waals surface area contributed by atoms with Gasteiger partial charge in [-0.05, 0) is 39.1 Å². The maximum absolute atomic E-state index is 6.51. The SMILES string of the molecule is CCC(C)[C@@H](N)c1cc2ccccc2c2ccccc12. The Morgan fingerprint density at radius 1 is 0.900 bits per heavy atom. The predicted octanol–water partition coefficient (Wildman–Crippen LogP) is 5.04. The third kappa shape index (κ3) is 2.08. The van der Waals surface area contributed by atoms with Crippen LogP contribution in [-0.2, 0) is 0 Å². The zero-order valence-electron chi connectivity index (χ0n) is 12.1. The fourth-order valence-electron chi connectivity index (χ4n) is 2.92. The fraction of sp³-hybridized carbons (Fsp3) is 0.263. The molecule has 0 saturated carbocycles. The van der Waals surface area contributed by atoms with Gasteiger partial charge in [0.2, 0.25) is 0 Å². The molecule has 20 heavy (non-hydrogen) atoms. The average molecular weight is 263 g/mol. The van der Waals surface area contributed by atoms with Crippen molar-refractivity contribution in [1.82, 2.24) is 0 Å². The molecule has 102 valence electrons. The number of nitrogens with two attached hydrogens (primary N) is 1. The smallest absolute Gasteiger partial charge is 0.0327 e. The summed E-state index contributed by atoms with van der Waals surface area (Å²) in [5, 5.41) is 5.18. The standard InChI is InChI=1S/C19H21N/c1-3-13(2)19(20)18-12-14-8-4-5-9-15(14)16-10-6-7-11-17(16)18/h4-13,19H,3,20H2,1-2H3/t13?,19-/m1/s1. The Hall–Kier alpha value is -1.86. The van der Waals surface area contributed by atoms with Crippen molar-refractivity contribution < 1.29 is 0 Å². The maximum atomic E-state index is 6.51. The van der Waals surface area contributed by atoms with Crippen LogP contribution in [0.1, 0.15) is 31.9 Å². The van der Waals surface area contributed by atoms with Crippen molar-refractivity contribution in [1.29, 1.82) is 0 Å². The Morgan fingerprint density at radius 2 is 1.50 bits per heavy atom. The molecule has 2 N–H and O–H groups in total. The van der Waals surface area contributed by atoms with Crippen LogP contribution in [0.2, 0.25) is 0 Å². The van der Waals surface area contributed by atoms with Gasteiger partial charge in [-0.25, -0.2) is 0 Å². The summed E-state index contributed by atoms with van der Waals surface area (Å²) >= 11 is 0. The summed E-state index contributed by atoms with van der Waals surface area (Å²) in [4.78, 5) is 0. The van der Waals surface area contributed by atoms with E-state index in [1.807, 2.05) is 0 Å². The molecule has 0 aromatic heterocycles. The van der Waals surface area contributed by atoms with Crippen LogP contribution in [0.3, 0.4) is 0 Å². The summed E-state index contributed by atoms with van der Waals surface area (Å²) in [6.45, 7) is 4.43. The lowest BCUT2D eigenvalue weighted by Gasteiger charge is -2.21. The number of hydrogen-bond acceptors (Lipinski definition) is 1. The molecule has 2 atom stereocenters. The molecule has 0 aliphatic rings. The number of hydrogen-bond donors (Lipinski definition) is 1. The fourth-order valence-corrected chi connectivity index (χ4v) is 2.92. The highest BCUT2D eigenvalue weighted by atomic mass is 14.6. The Balaban J connectivity index is 2.34. The summed E-state index contributed by atoms with van der Waals surface area (Å²) in [6.07, 6.45) is 1.10. The average Bonchev–Trinajstić information content (AvgIpc) is 2.52. The van der Waals surface area contributed by atoms with Crippen molar-refractivity contribution in [2.45, 2.75) is 26.3 Å². The van der Waals surface area contributed by atoms with Crippen molar-refractivity contribution in [2.24, 2.45) is 11.7 Å². The molecule has 0 amide bonds. The maximum Gasteiger partial charge on any atom is 0.0327 e. The summed E-state index contributed by atoms with van der Waals surface area (Å²) in [5.74, 6) is 0.486. The van der Waals surface area contributed by atoms with E-state index < -0.39 is 0 Å². The lowest BCUT2D eigenvalue weighted by molar-refractivity contribution is 0.459. The van der Waals surface area contributed by atoms with Crippen molar-refractivity contribution in [3.8, 4) is 0 Å². The summed E-state index contributed by atoms with van der Waals surface area (Å²) in [6, 6.07) is 19.5. The minimum atomic E-state index is 0.0921. The van der Waals surface area contributed by atoms with E-state index in [2.05, 4.69) is 68.4 Å². The van der Waals surface area contributed by atoms with Gasteiger partial charge in [0.05, 0.1) is 0 Å². The quantitative estimate of drug-likeness (QED) is 0.658. The topological polar surface area (TPSA) is 26.0 Å². The highest BCUT2D eigenvalue weighted by Crippen LogP contribution is 2.34. The molecular weight excluding hydrogens is 242 g/mol. The molecule has 1 heteroatoms. The predicted molar refractivity (Wildman–Crippen MR) is 87.8 cm³/mol. The van der Waals surface area contributed by atoms with Crippen LogP contribution in [0.25, 0.3) is 21.5 Å². The molecular formula is C19H21N. The highest BCUT2D eigenvalue weighted by molar-refractivity contribution is 6.09. The second kappa shape index (κ2) is 5.26. The molecule has 3 aromatic carbocycles. The molecule has 3 aromatic rings. The molecule has 0 saturated heterocycles. The largest absolute Gasteiger partial charge is 0.324 e. The van der Waals surface area contributed by atoms with Gasteiger partial charge in [-0.15, -0.1) is 0 Å². The van der Waals surface area contributed by atoms with Gasteiger partial charge in [-0.1, -0.05) is 68.8 Å². The van der Waals surface area contributed by atoms with Gasteiger partial charge in [0.1, 0.15) is 0 Å². The van der Waals surface area contributed by atoms with Crippen molar-refractivity contribution in [2.75, 3.05) is 0 Å². The first-order valence-corrected chi connectivity index (χ1v) is 7.38. The number of benzene rings is 3. The molecule has 0 heterocycles. The van der Waals surface area contributed by atoms with E-state index in [1.165, 1.54) is 27.1 Å². The lowest BCUT2D eigenvalue weighted by atomic mass is 9.87. The zero-order valence-corrected chi connectivity index (χ0v) is 12.1. The summed E-state index contributed by atoms with van der Waals surface area (Å²) in [5.41, 5.74) is 7.78. The minimum Gasteiger partial charge on any atom is -0.324 e. The van der Waals surface area contributed by atoms with Gasteiger partial charge in [0.25, 0.3) is 0 Å². The first-order chi connectivity index (χ1) is 9.72. The van der Waals surface area contributed by atoms with Crippen LogP contribution in [0.4, 0.5) is 0 Å². The minimum absolute atomic E-state index is 0.0921. The van der Waals surface area contributed by atoms with Crippen molar-refractivity contribution in [3.63, 3.8) is 0 Å². The van der Waals surface area contributed by atoms with Crippen LogP contribution in [0, 0.1) is 5.92 Å². The van der Waals surface area contributed by atoms with E-state index in [1.54, 1.807) is 0 Å². The Labute approximate surface area is 120 Å². The first-order valence-electron chi connectivity index (χ1n) is 7.38. The second-order valence-corrected chi connectivity index (χ2v) is 5.64. The second-order valence-electron chi connectivity index (χ2n) is 5.64. The van der Waals surface area contributed by atoms with Gasteiger partial charge in [-0.3, -0.25) is 0 Å². The molecule has 1 unspecified atom stereocenters. The molecule has 0 aliphatic heterocycles. The van der Waals surface area contributed by atoms with E-state index in [9.17, 15) is 0 Å². The molecule has 1 nitrogen and oxygen atoms in total. The van der Waals surface area contributed by atoms with Gasteiger partial charge >= 0.3 is 0 Å². The van der Waals surface area contributed by atoms with E-state index >= 15 is 0 Å². The Kier molecular flexibility index (Phi) is 3.45. The molecule has 3 rings (SSSR count). The Bertz CT molecular complexity index is 745. The third-order valence-corrected chi connectivity index (χ3v) is 4.42. The molecule has 0 bridgehead atoms. The van der Waals surface area contributed by atoms with Gasteiger partial charge in [0.15, 0.2) is 0 Å². The number of fused-ring (bicyclic) bond motifs is 3. The lowest BCUT2D eigenvalue weighted by Crippen LogP contribution is -2.18. The first kappa shape index (κ1) is 13.1. The van der Waals surface area contributed by atoms with Gasteiger partial charge < -0.3 is 5.73 Å². The van der Waals surface area contributed by atoms with Crippen LogP contribution < -0.4 is 5.73 Å². The van der Waals surface area contributed by atoms with Gasteiger partial charge in [-0.2, -0.15) is 0 Å². The van der Waals surface area contributed by atoms with Gasteiger partial charge in [0, 0.05) is 6.04 Å². The third-order valence-electron chi connectivity index (χ3n) is 4.42. The normalized spacial score (nSPS) is 14.6. The number of rotatable bonds is 3. The van der Waals surface area contributed by atoms with E-state index in [-0.39, 0.29) is 6.04 Å². The highest BCUT2D eigenvalue weighted by Gasteiger charge is 2.17. The van der Waals surface area contributed by atoms with E-state index in [0.717, 1.165) is 6.42 Å². The zero-order chi connectivity index (χ0) is 14.1. The van der Waals surface area contributed by atoms with Crippen LogP contribution >= 0.6 is 0 Å². The molecule has 0 spiro atoms.